The quantitative estimate of drug-likeness (QED) is 0.497. The van der Waals surface area contributed by atoms with Gasteiger partial charge >= 0.3 is 5.69 Å². The Morgan fingerprint density at radius 3 is 2.61 bits per heavy atom. The Morgan fingerprint density at radius 1 is 1.09 bits per heavy atom. The van der Waals surface area contributed by atoms with Crippen LogP contribution >= 0.6 is 0 Å². The number of imidazole rings is 1. The summed E-state index contributed by atoms with van der Waals surface area (Å²) in [5.41, 5.74) is -0.296. The molecular weight excluding hydrogens is 430 g/mol. The van der Waals surface area contributed by atoms with E-state index < -0.39 is 23.7 Å². The number of aryl methyl sites for hydroxylation is 2. The van der Waals surface area contributed by atoms with Crippen molar-refractivity contribution < 1.29 is 19.4 Å². The molecule has 1 aliphatic heterocycles. The number of fused-ring (bicyclic) bond motifs is 2. The molecule has 3 aromatic rings. The van der Waals surface area contributed by atoms with E-state index in [-0.39, 0.29) is 24.6 Å². The average molecular weight is 457 g/mol. The lowest BCUT2D eigenvalue weighted by Crippen LogP contribution is -2.43. The summed E-state index contributed by atoms with van der Waals surface area (Å²) in [6.45, 7) is 4.03. The minimum Gasteiger partial charge on any atom is -0.454 e. The van der Waals surface area contributed by atoms with Gasteiger partial charge in [0.25, 0.3) is 5.56 Å². The predicted molar refractivity (Wildman–Crippen MR) is 121 cm³/mol. The van der Waals surface area contributed by atoms with E-state index in [0.29, 0.717) is 48.9 Å². The van der Waals surface area contributed by atoms with Gasteiger partial charge in [-0.25, -0.2) is 14.3 Å². The Labute approximate surface area is 189 Å². The third kappa shape index (κ3) is 4.23. The van der Waals surface area contributed by atoms with Crippen molar-refractivity contribution >= 4 is 22.8 Å². The first-order valence-corrected chi connectivity index (χ1v) is 11.0. The van der Waals surface area contributed by atoms with Crippen molar-refractivity contribution in [3.05, 3.63) is 44.9 Å². The van der Waals surface area contributed by atoms with Crippen LogP contribution in [0.3, 0.4) is 0 Å². The summed E-state index contributed by atoms with van der Waals surface area (Å²) in [7, 11) is 0. The van der Waals surface area contributed by atoms with Crippen molar-refractivity contribution in [2.75, 3.05) is 12.1 Å². The van der Waals surface area contributed by atoms with Crippen LogP contribution in [0.4, 0.5) is 5.69 Å². The maximum absolute atomic E-state index is 13.3. The van der Waals surface area contributed by atoms with Crippen LogP contribution in [0.15, 0.2) is 27.8 Å². The average Bonchev–Trinajstić information content (AvgIpc) is 3.41. The standard InChI is InChI=1S/C22H27N5O6/c1-3-5-9-26-20-19(25(8-4-2)17(12-28)24-20)21(30)27(22(26)31)11-18(29)23-14-6-7-15-16(10-14)33-13-32-15/h6-7,10,28H,3-5,8-9,11-13H2,1-2H3,(H,23,29). The molecule has 0 spiro atoms. The molecule has 0 unspecified atom stereocenters. The number of benzene rings is 1. The lowest BCUT2D eigenvalue weighted by Gasteiger charge is -2.13. The lowest BCUT2D eigenvalue weighted by molar-refractivity contribution is -0.116. The van der Waals surface area contributed by atoms with E-state index in [1.54, 1.807) is 22.8 Å². The van der Waals surface area contributed by atoms with Crippen LogP contribution in [0, 0.1) is 0 Å². The van der Waals surface area contributed by atoms with Gasteiger partial charge in [0.1, 0.15) is 19.0 Å². The number of rotatable bonds is 9. The van der Waals surface area contributed by atoms with E-state index in [0.717, 1.165) is 11.0 Å². The van der Waals surface area contributed by atoms with Crippen LogP contribution in [0.1, 0.15) is 38.9 Å². The van der Waals surface area contributed by atoms with Gasteiger partial charge in [0.2, 0.25) is 12.7 Å². The highest BCUT2D eigenvalue weighted by Gasteiger charge is 2.22. The molecule has 0 fully saturated rings. The van der Waals surface area contributed by atoms with E-state index in [2.05, 4.69) is 10.3 Å². The number of anilines is 1. The zero-order valence-electron chi connectivity index (χ0n) is 18.7. The molecule has 1 aliphatic rings. The van der Waals surface area contributed by atoms with Gasteiger partial charge in [0.05, 0.1) is 0 Å². The Bertz CT molecular complexity index is 1310. The Hall–Kier alpha value is -3.60. The topological polar surface area (TPSA) is 130 Å². The normalized spacial score (nSPS) is 12.5. The summed E-state index contributed by atoms with van der Waals surface area (Å²) in [5, 5.41) is 12.5. The number of carbonyl (C=O) groups is 1. The van der Waals surface area contributed by atoms with Gasteiger partial charge in [0, 0.05) is 24.8 Å². The van der Waals surface area contributed by atoms with Crippen molar-refractivity contribution in [1.29, 1.82) is 0 Å². The van der Waals surface area contributed by atoms with E-state index in [1.807, 2.05) is 13.8 Å². The van der Waals surface area contributed by atoms with Crippen LogP contribution < -0.4 is 26.0 Å². The molecule has 1 amide bonds. The number of unbranched alkanes of at least 4 members (excludes halogenated alkanes) is 1. The number of hydrogen-bond donors (Lipinski definition) is 2. The fourth-order valence-corrected chi connectivity index (χ4v) is 3.90. The van der Waals surface area contributed by atoms with Crippen molar-refractivity contribution in [2.45, 2.75) is 59.4 Å². The molecule has 2 aromatic heterocycles. The summed E-state index contributed by atoms with van der Waals surface area (Å²) in [5.74, 6) is 0.875. The van der Waals surface area contributed by atoms with Gasteiger partial charge < -0.3 is 24.5 Å². The van der Waals surface area contributed by atoms with Crippen LogP contribution in [-0.4, -0.2) is 36.5 Å². The first-order chi connectivity index (χ1) is 16.0. The van der Waals surface area contributed by atoms with E-state index in [9.17, 15) is 19.5 Å². The molecule has 0 saturated heterocycles. The van der Waals surface area contributed by atoms with Gasteiger partial charge in [-0.15, -0.1) is 0 Å². The monoisotopic (exact) mass is 457 g/mol. The molecule has 0 radical (unpaired) electrons. The third-order valence-electron chi connectivity index (χ3n) is 5.48. The molecule has 0 atom stereocenters. The smallest absolute Gasteiger partial charge is 0.333 e. The fraction of sp³-hybridized carbons (Fsp3) is 0.455. The van der Waals surface area contributed by atoms with Gasteiger partial charge in [-0.05, 0) is 25.0 Å². The van der Waals surface area contributed by atoms with Gasteiger partial charge in [0.15, 0.2) is 22.7 Å². The molecule has 0 aliphatic carbocycles. The number of aliphatic hydroxyl groups is 1. The maximum Gasteiger partial charge on any atom is 0.333 e. The van der Waals surface area contributed by atoms with Crippen LogP contribution in [0.2, 0.25) is 0 Å². The molecule has 11 heteroatoms. The number of hydrogen-bond acceptors (Lipinski definition) is 7. The second-order valence-corrected chi connectivity index (χ2v) is 7.81. The first kappa shape index (κ1) is 22.6. The number of nitrogens with one attached hydrogen (secondary N) is 1. The molecule has 0 bridgehead atoms. The number of amides is 1. The Morgan fingerprint density at radius 2 is 1.88 bits per heavy atom. The molecule has 176 valence electrons. The Balaban J connectivity index is 1.74. The van der Waals surface area contributed by atoms with Gasteiger partial charge in [-0.3, -0.25) is 14.2 Å². The van der Waals surface area contributed by atoms with Gasteiger partial charge in [-0.1, -0.05) is 20.3 Å². The van der Waals surface area contributed by atoms with Gasteiger partial charge in [-0.2, -0.15) is 0 Å². The third-order valence-corrected chi connectivity index (χ3v) is 5.48. The predicted octanol–water partition coefficient (Wildman–Crippen LogP) is 1.43. The number of ether oxygens (including phenoxy) is 2. The van der Waals surface area contributed by atoms with E-state index in [4.69, 9.17) is 9.47 Å². The molecule has 4 rings (SSSR count). The highest BCUT2D eigenvalue weighted by atomic mass is 16.7. The second-order valence-electron chi connectivity index (χ2n) is 7.81. The van der Waals surface area contributed by atoms with Crippen LogP contribution in [0.5, 0.6) is 11.5 Å². The summed E-state index contributed by atoms with van der Waals surface area (Å²) in [6, 6.07) is 4.95. The zero-order chi connectivity index (χ0) is 23.5. The summed E-state index contributed by atoms with van der Waals surface area (Å²) in [6.07, 6.45) is 2.24. The number of aliphatic hydroxyl groups excluding tert-OH is 1. The molecular formula is C22H27N5O6. The summed E-state index contributed by atoms with van der Waals surface area (Å²) in [4.78, 5) is 43.7. The fourth-order valence-electron chi connectivity index (χ4n) is 3.90. The first-order valence-electron chi connectivity index (χ1n) is 11.0. The van der Waals surface area contributed by atoms with Crippen LogP contribution in [0.25, 0.3) is 11.2 Å². The minimum atomic E-state index is -0.607. The molecule has 2 N–H and O–H groups in total. The Kier molecular flexibility index (Phi) is 6.50. The van der Waals surface area contributed by atoms with Crippen molar-refractivity contribution in [3.8, 4) is 11.5 Å². The highest BCUT2D eigenvalue weighted by Crippen LogP contribution is 2.34. The maximum atomic E-state index is 13.3. The summed E-state index contributed by atoms with van der Waals surface area (Å²) < 4.78 is 14.6. The molecule has 11 nitrogen and oxygen atoms in total. The van der Waals surface area contributed by atoms with Crippen molar-refractivity contribution in [3.63, 3.8) is 0 Å². The zero-order valence-corrected chi connectivity index (χ0v) is 18.7. The molecule has 0 saturated carbocycles. The molecule has 1 aromatic carbocycles. The molecule has 3 heterocycles. The molecule has 33 heavy (non-hydrogen) atoms. The number of nitrogens with zero attached hydrogens (tertiary/aromatic N) is 4. The number of carbonyl (C=O) groups excluding carboxylic acids is 1. The van der Waals surface area contributed by atoms with E-state index >= 15 is 0 Å². The van der Waals surface area contributed by atoms with E-state index in [1.165, 1.54) is 4.57 Å². The highest BCUT2D eigenvalue weighted by molar-refractivity contribution is 5.91. The summed E-state index contributed by atoms with van der Waals surface area (Å²) >= 11 is 0. The second kappa shape index (κ2) is 9.49. The van der Waals surface area contributed by atoms with Crippen molar-refractivity contribution in [1.82, 2.24) is 18.7 Å². The minimum absolute atomic E-state index is 0.112. The lowest BCUT2D eigenvalue weighted by atomic mass is 10.2. The largest absolute Gasteiger partial charge is 0.454 e. The van der Waals surface area contributed by atoms with Crippen LogP contribution in [-0.2, 0) is 31.0 Å². The number of aromatic nitrogens is 4. The SMILES string of the molecule is CCCCn1c(=O)n(CC(=O)Nc2ccc3c(c2)OCO3)c(=O)c2c1nc(CO)n2CCC. The van der Waals surface area contributed by atoms with Crippen molar-refractivity contribution in [2.24, 2.45) is 0 Å².